The van der Waals surface area contributed by atoms with Crippen LogP contribution in [0.3, 0.4) is 0 Å². The first kappa shape index (κ1) is 20.2. The molecular weight excluding hydrogens is 406 g/mol. The van der Waals surface area contributed by atoms with Crippen LogP contribution in [0, 0.1) is 6.92 Å². The van der Waals surface area contributed by atoms with E-state index in [1.54, 1.807) is 25.1 Å². The Labute approximate surface area is 176 Å². The van der Waals surface area contributed by atoms with Crippen LogP contribution in [0.2, 0.25) is 0 Å². The predicted molar refractivity (Wildman–Crippen MR) is 114 cm³/mol. The molecule has 156 valence electrons. The van der Waals surface area contributed by atoms with Gasteiger partial charge >= 0.3 is 11.6 Å². The third-order valence-electron chi connectivity index (χ3n) is 4.86. The van der Waals surface area contributed by atoms with Crippen LogP contribution in [0.15, 0.2) is 38.9 Å². The molecule has 1 amide bonds. The van der Waals surface area contributed by atoms with Gasteiger partial charge in [0.2, 0.25) is 0 Å². The fourth-order valence-electron chi connectivity index (χ4n) is 3.28. The van der Waals surface area contributed by atoms with E-state index in [-0.39, 0.29) is 13.2 Å². The summed E-state index contributed by atoms with van der Waals surface area (Å²) in [5, 5.41) is 5.95. The highest BCUT2D eigenvalue weighted by molar-refractivity contribution is 7.15. The smallest absolute Gasteiger partial charge is 0.341 e. The van der Waals surface area contributed by atoms with Crippen molar-refractivity contribution >= 4 is 39.2 Å². The molecule has 0 bridgehead atoms. The maximum atomic E-state index is 12.4. The number of nitrogens with one attached hydrogen (secondary N) is 1. The van der Waals surface area contributed by atoms with Gasteiger partial charge in [-0.2, -0.15) is 0 Å². The highest BCUT2D eigenvalue weighted by atomic mass is 32.1. The van der Waals surface area contributed by atoms with Crippen LogP contribution in [0.5, 0.6) is 5.75 Å². The zero-order valence-corrected chi connectivity index (χ0v) is 17.5. The molecule has 1 fully saturated rings. The zero-order chi connectivity index (χ0) is 21.3. The highest BCUT2D eigenvalue weighted by Crippen LogP contribution is 2.46. The van der Waals surface area contributed by atoms with Crippen molar-refractivity contribution in [2.24, 2.45) is 0 Å². The van der Waals surface area contributed by atoms with E-state index < -0.39 is 17.5 Å². The Morgan fingerprint density at radius 2 is 2.07 bits per heavy atom. The van der Waals surface area contributed by atoms with Crippen molar-refractivity contribution in [1.82, 2.24) is 0 Å². The van der Waals surface area contributed by atoms with E-state index in [1.807, 2.05) is 12.3 Å². The molecule has 0 radical (unpaired) electrons. The Hall–Kier alpha value is -3.13. The first-order chi connectivity index (χ1) is 14.5. The summed E-state index contributed by atoms with van der Waals surface area (Å²) >= 11 is 1.32. The van der Waals surface area contributed by atoms with Gasteiger partial charge in [0.15, 0.2) is 6.61 Å². The second kappa shape index (κ2) is 8.31. The van der Waals surface area contributed by atoms with Crippen LogP contribution in [-0.4, -0.2) is 25.1 Å². The molecule has 8 heteroatoms. The normalized spacial score (nSPS) is 13.3. The fourth-order valence-corrected chi connectivity index (χ4v) is 4.33. The summed E-state index contributed by atoms with van der Waals surface area (Å²) in [4.78, 5) is 36.4. The minimum Gasteiger partial charge on any atom is -0.484 e. The molecule has 4 rings (SSSR count). The Morgan fingerprint density at radius 3 is 2.80 bits per heavy atom. The molecule has 1 aliphatic rings. The first-order valence-electron chi connectivity index (χ1n) is 9.72. The molecule has 3 aromatic rings. The van der Waals surface area contributed by atoms with Crippen LogP contribution >= 0.6 is 11.3 Å². The number of benzene rings is 1. The van der Waals surface area contributed by atoms with Crippen molar-refractivity contribution in [1.29, 1.82) is 0 Å². The van der Waals surface area contributed by atoms with Gasteiger partial charge in [-0.1, -0.05) is 0 Å². The van der Waals surface area contributed by atoms with Gasteiger partial charge in [0, 0.05) is 17.5 Å². The van der Waals surface area contributed by atoms with Crippen molar-refractivity contribution in [3.05, 3.63) is 56.8 Å². The molecule has 2 aromatic heterocycles. The summed E-state index contributed by atoms with van der Waals surface area (Å²) in [6.07, 6.45) is 2.08. The van der Waals surface area contributed by atoms with Crippen LogP contribution in [0.25, 0.3) is 11.0 Å². The average molecular weight is 427 g/mol. The maximum Gasteiger partial charge on any atom is 0.341 e. The average Bonchev–Trinajstić information content (AvgIpc) is 3.46. The van der Waals surface area contributed by atoms with Crippen molar-refractivity contribution < 1.29 is 23.5 Å². The number of hydrogen-bond donors (Lipinski definition) is 1. The Bertz CT molecular complexity index is 1170. The number of carbonyl (C=O) groups is 2. The lowest BCUT2D eigenvalue weighted by Gasteiger charge is -2.10. The number of hydrogen-bond acceptors (Lipinski definition) is 7. The minimum atomic E-state index is -0.439. The van der Waals surface area contributed by atoms with Crippen molar-refractivity contribution in [3.63, 3.8) is 0 Å². The lowest BCUT2D eigenvalue weighted by Crippen LogP contribution is -2.21. The number of aryl methyl sites for hydroxylation is 1. The van der Waals surface area contributed by atoms with Crippen molar-refractivity contribution in [2.75, 3.05) is 18.5 Å². The summed E-state index contributed by atoms with van der Waals surface area (Å²) < 4.78 is 15.9. The molecule has 7 nitrogen and oxygen atoms in total. The Balaban J connectivity index is 1.46. The molecule has 0 unspecified atom stereocenters. The molecule has 0 atom stereocenters. The minimum absolute atomic E-state index is 0.250. The SMILES string of the molecule is CCOC(=O)c1c(C2CC2)csc1NC(=O)COc1ccc2c(C)cc(=O)oc2c1. The molecule has 1 aromatic carbocycles. The van der Waals surface area contributed by atoms with E-state index in [9.17, 15) is 14.4 Å². The number of anilines is 1. The van der Waals surface area contributed by atoms with Gasteiger partial charge in [0.25, 0.3) is 5.91 Å². The molecule has 0 aliphatic heterocycles. The number of ether oxygens (including phenoxy) is 2. The largest absolute Gasteiger partial charge is 0.484 e. The van der Waals surface area contributed by atoms with Gasteiger partial charge < -0.3 is 19.2 Å². The van der Waals surface area contributed by atoms with Gasteiger partial charge in [-0.15, -0.1) is 11.3 Å². The van der Waals surface area contributed by atoms with Gasteiger partial charge in [0.1, 0.15) is 16.3 Å². The van der Waals surface area contributed by atoms with E-state index in [1.165, 1.54) is 17.4 Å². The van der Waals surface area contributed by atoms with E-state index in [2.05, 4.69) is 5.32 Å². The van der Waals surface area contributed by atoms with Crippen molar-refractivity contribution in [3.8, 4) is 5.75 Å². The summed E-state index contributed by atoms with van der Waals surface area (Å²) in [5.41, 5.74) is 2.15. The van der Waals surface area contributed by atoms with Crippen LogP contribution in [0.1, 0.15) is 47.2 Å². The quantitative estimate of drug-likeness (QED) is 0.448. The Morgan fingerprint density at radius 1 is 1.27 bits per heavy atom. The molecule has 1 saturated carbocycles. The molecule has 1 aliphatic carbocycles. The number of rotatable bonds is 7. The van der Waals surface area contributed by atoms with E-state index in [0.717, 1.165) is 29.4 Å². The van der Waals surface area contributed by atoms with Gasteiger partial charge in [-0.25, -0.2) is 9.59 Å². The Kier molecular flexibility index (Phi) is 5.59. The predicted octanol–water partition coefficient (Wildman–Crippen LogP) is 4.23. The molecule has 1 N–H and O–H groups in total. The summed E-state index contributed by atoms with van der Waals surface area (Å²) in [7, 11) is 0. The second-order valence-electron chi connectivity index (χ2n) is 7.13. The molecule has 0 spiro atoms. The monoisotopic (exact) mass is 427 g/mol. The number of thiophene rings is 1. The third-order valence-corrected chi connectivity index (χ3v) is 5.78. The molecule has 0 saturated heterocycles. The zero-order valence-electron chi connectivity index (χ0n) is 16.7. The van der Waals surface area contributed by atoms with Crippen LogP contribution in [-0.2, 0) is 9.53 Å². The lowest BCUT2D eigenvalue weighted by atomic mass is 10.1. The highest BCUT2D eigenvalue weighted by Gasteiger charge is 2.32. The summed E-state index contributed by atoms with van der Waals surface area (Å²) in [6, 6.07) is 6.50. The molecule has 2 heterocycles. The number of fused-ring (bicyclic) bond motifs is 1. The third kappa shape index (κ3) is 4.23. The second-order valence-corrected chi connectivity index (χ2v) is 8.01. The van der Waals surface area contributed by atoms with Gasteiger partial charge in [-0.3, -0.25) is 4.79 Å². The van der Waals surface area contributed by atoms with Crippen LogP contribution < -0.4 is 15.7 Å². The molecular formula is C22H21NO6S. The summed E-state index contributed by atoms with van der Waals surface area (Å²) in [5.74, 6) is -0.0486. The van der Waals surface area contributed by atoms with Gasteiger partial charge in [0.05, 0.1) is 12.2 Å². The van der Waals surface area contributed by atoms with Gasteiger partial charge in [-0.05, 0) is 61.2 Å². The fraction of sp³-hybridized carbons (Fsp3) is 0.318. The lowest BCUT2D eigenvalue weighted by molar-refractivity contribution is -0.118. The van der Waals surface area contributed by atoms with Crippen molar-refractivity contribution in [2.45, 2.75) is 32.6 Å². The maximum absolute atomic E-state index is 12.4. The van der Waals surface area contributed by atoms with E-state index in [4.69, 9.17) is 13.9 Å². The summed E-state index contributed by atoms with van der Waals surface area (Å²) in [6.45, 7) is 3.60. The first-order valence-corrected chi connectivity index (χ1v) is 10.6. The van der Waals surface area contributed by atoms with Crippen LogP contribution in [0.4, 0.5) is 5.00 Å². The molecule has 30 heavy (non-hydrogen) atoms. The number of carbonyl (C=O) groups excluding carboxylic acids is 2. The van der Waals surface area contributed by atoms with E-state index in [0.29, 0.717) is 27.8 Å². The van der Waals surface area contributed by atoms with E-state index >= 15 is 0 Å². The number of amides is 1. The topological polar surface area (TPSA) is 94.8 Å². The standard InChI is InChI=1S/C22H21NO6S/c1-3-27-22(26)20-16(13-4-5-13)11-30-21(20)23-18(24)10-28-14-6-7-15-12(2)8-19(25)29-17(15)9-14/h6-9,11,13H,3-5,10H2,1-2H3,(H,23,24). The number of esters is 1.